The maximum atomic E-state index is 12.2. The van der Waals surface area contributed by atoms with Crippen molar-refractivity contribution in [1.29, 1.82) is 0 Å². The fraction of sp³-hybridized carbons (Fsp3) is 0.522. The van der Waals surface area contributed by atoms with Crippen molar-refractivity contribution in [3.05, 3.63) is 52.5 Å². The molecule has 1 saturated heterocycles. The molecule has 0 radical (unpaired) electrons. The molecule has 4 aromatic rings. The molecule has 0 bridgehead atoms. The summed E-state index contributed by atoms with van der Waals surface area (Å²) in [6.07, 6.45) is 4.92. The first-order chi connectivity index (χ1) is 16.6. The third-order valence-corrected chi connectivity index (χ3v) is 6.39. The Balaban J connectivity index is 1.25. The first kappa shape index (κ1) is 22.3. The molecule has 1 N–H and O–H groups in total. The number of aryl methyl sites for hydroxylation is 2. The summed E-state index contributed by atoms with van der Waals surface area (Å²) in [5.74, 6) is 2.60. The van der Waals surface area contributed by atoms with Crippen LogP contribution in [0.4, 0.5) is 5.95 Å². The van der Waals surface area contributed by atoms with Crippen LogP contribution >= 0.6 is 0 Å². The van der Waals surface area contributed by atoms with Crippen molar-refractivity contribution < 1.29 is 4.42 Å². The van der Waals surface area contributed by atoms with E-state index in [0.717, 1.165) is 67.5 Å². The molecular weight excluding hydrogens is 434 g/mol. The van der Waals surface area contributed by atoms with Gasteiger partial charge in [0.1, 0.15) is 17.0 Å². The minimum Gasteiger partial charge on any atom is -0.464 e. The van der Waals surface area contributed by atoms with Crippen molar-refractivity contribution in [3.63, 3.8) is 0 Å². The van der Waals surface area contributed by atoms with Crippen LogP contribution in [0.25, 0.3) is 11.2 Å². The van der Waals surface area contributed by atoms with Gasteiger partial charge < -0.3 is 14.6 Å². The van der Waals surface area contributed by atoms with Crippen LogP contribution in [-0.4, -0.2) is 64.9 Å². The number of rotatable bonds is 8. The fourth-order valence-corrected chi connectivity index (χ4v) is 4.53. The smallest absolute Gasteiger partial charge is 0.363 e. The van der Waals surface area contributed by atoms with E-state index in [1.807, 2.05) is 38.1 Å². The van der Waals surface area contributed by atoms with E-state index >= 15 is 0 Å². The monoisotopic (exact) mass is 465 g/mol. The zero-order valence-electron chi connectivity index (χ0n) is 19.7. The highest BCUT2D eigenvalue weighted by Gasteiger charge is 2.21. The van der Waals surface area contributed by atoms with E-state index in [1.165, 1.54) is 9.36 Å². The van der Waals surface area contributed by atoms with Crippen LogP contribution in [0.1, 0.15) is 37.7 Å². The summed E-state index contributed by atoms with van der Waals surface area (Å²) in [4.78, 5) is 24.0. The molecule has 1 fully saturated rings. The molecule has 1 atom stereocenters. The van der Waals surface area contributed by atoms with Gasteiger partial charge in [0, 0.05) is 31.9 Å². The molecule has 1 aliphatic heterocycles. The summed E-state index contributed by atoms with van der Waals surface area (Å²) in [6.45, 7) is 8.25. The van der Waals surface area contributed by atoms with Crippen LogP contribution in [0, 0.1) is 6.92 Å². The van der Waals surface area contributed by atoms with Crippen LogP contribution in [-0.2, 0) is 19.6 Å². The van der Waals surface area contributed by atoms with Crippen molar-refractivity contribution in [2.45, 2.75) is 58.8 Å². The molecular formula is C23H31N9O2. The molecule has 11 heteroatoms. The number of aromatic nitrogens is 7. The van der Waals surface area contributed by atoms with Gasteiger partial charge in [-0.25, -0.2) is 14.8 Å². The SMILES string of the molecule is CCn1nnn(CCN2CCCC(Nc3nc4cccnc4n3Cc3ccc(C)o3)CC2)c1=O. The predicted octanol–water partition coefficient (Wildman–Crippen LogP) is 2.12. The minimum atomic E-state index is -0.142. The molecule has 34 heavy (non-hydrogen) atoms. The van der Waals surface area contributed by atoms with Gasteiger partial charge in [0.15, 0.2) is 5.65 Å². The van der Waals surface area contributed by atoms with Gasteiger partial charge in [-0.3, -0.25) is 4.57 Å². The molecule has 4 aromatic heterocycles. The van der Waals surface area contributed by atoms with E-state index in [0.29, 0.717) is 25.7 Å². The van der Waals surface area contributed by atoms with Crippen molar-refractivity contribution in [2.24, 2.45) is 0 Å². The van der Waals surface area contributed by atoms with Gasteiger partial charge in [-0.2, -0.15) is 9.36 Å². The van der Waals surface area contributed by atoms with Crippen LogP contribution in [0.15, 0.2) is 39.7 Å². The third-order valence-electron chi connectivity index (χ3n) is 6.39. The van der Waals surface area contributed by atoms with Crippen molar-refractivity contribution in [3.8, 4) is 0 Å². The lowest BCUT2D eigenvalue weighted by Crippen LogP contribution is -2.33. The molecule has 0 spiro atoms. The third kappa shape index (κ3) is 4.74. The maximum absolute atomic E-state index is 12.2. The zero-order chi connectivity index (χ0) is 23.5. The van der Waals surface area contributed by atoms with Crippen LogP contribution in [0.2, 0.25) is 0 Å². The van der Waals surface area contributed by atoms with Gasteiger partial charge >= 0.3 is 5.69 Å². The Morgan fingerprint density at radius 1 is 1.12 bits per heavy atom. The van der Waals surface area contributed by atoms with Gasteiger partial charge in [-0.05, 0) is 74.3 Å². The summed E-state index contributed by atoms with van der Waals surface area (Å²) in [5.41, 5.74) is 1.57. The summed E-state index contributed by atoms with van der Waals surface area (Å²) in [5, 5.41) is 11.6. The number of nitrogens with one attached hydrogen (secondary N) is 1. The Morgan fingerprint density at radius 2 is 2.00 bits per heavy atom. The molecule has 1 unspecified atom stereocenters. The average Bonchev–Trinajstić information content (AvgIpc) is 3.46. The summed E-state index contributed by atoms with van der Waals surface area (Å²) in [7, 11) is 0. The standard InChI is InChI=1S/C23H31N9O2/c1-3-31-23(33)32(28-27-31)15-14-29-12-5-6-18(10-13-29)25-22-26-20-7-4-11-24-21(20)30(22)16-19-9-8-17(2)34-19/h4,7-9,11,18H,3,5-6,10,12-16H2,1-2H3,(H,25,26). The van der Waals surface area contributed by atoms with E-state index in [2.05, 4.69) is 30.2 Å². The highest BCUT2D eigenvalue weighted by atomic mass is 16.3. The van der Waals surface area contributed by atoms with Crippen molar-refractivity contribution in [2.75, 3.05) is 25.0 Å². The van der Waals surface area contributed by atoms with Gasteiger partial charge in [0.05, 0.1) is 13.1 Å². The van der Waals surface area contributed by atoms with Crippen LogP contribution in [0.3, 0.4) is 0 Å². The van der Waals surface area contributed by atoms with Crippen LogP contribution < -0.4 is 11.0 Å². The normalized spacial score (nSPS) is 17.3. The topological polar surface area (TPSA) is 112 Å². The molecule has 0 amide bonds. The van der Waals surface area contributed by atoms with Crippen molar-refractivity contribution >= 4 is 17.1 Å². The summed E-state index contributed by atoms with van der Waals surface area (Å²) >= 11 is 0. The number of fused-ring (bicyclic) bond motifs is 1. The largest absolute Gasteiger partial charge is 0.464 e. The number of likely N-dealkylation sites (tertiary alicyclic amines) is 1. The number of furan rings is 1. The quantitative estimate of drug-likeness (QED) is 0.421. The van der Waals surface area contributed by atoms with Gasteiger partial charge in [-0.1, -0.05) is 0 Å². The molecule has 180 valence electrons. The first-order valence-corrected chi connectivity index (χ1v) is 12.0. The number of nitrogens with zero attached hydrogens (tertiary/aromatic N) is 8. The molecule has 5 heterocycles. The van der Waals surface area contributed by atoms with E-state index in [1.54, 1.807) is 6.20 Å². The number of pyridine rings is 1. The molecule has 0 aromatic carbocycles. The Morgan fingerprint density at radius 3 is 2.79 bits per heavy atom. The Bertz CT molecular complexity index is 1300. The predicted molar refractivity (Wildman–Crippen MR) is 128 cm³/mol. The second-order valence-corrected chi connectivity index (χ2v) is 8.79. The molecule has 11 nitrogen and oxygen atoms in total. The van der Waals surface area contributed by atoms with Crippen molar-refractivity contribution in [1.82, 2.24) is 39.2 Å². The lowest BCUT2D eigenvalue weighted by Gasteiger charge is -2.20. The lowest BCUT2D eigenvalue weighted by atomic mass is 10.1. The van der Waals surface area contributed by atoms with E-state index < -0.39 is 0 Å². The van der Waals surface area contributed by atoms with Gasteiger partial charge in [-0.15, -0.1) is 0 Å². The summed E-state index contributed by atoms with van der Waals surface area (Å²) in [6, 6.07) is 8.19. The maximum Gasteiger partial charge on any atom is 0.363 e. The first-order valence-electron chi connectivity index (χ1n) is 12.0. The number of hydrogen-bond donors (Lipinski definition) is 1. The second kappa shape index (κ2) is 9.80. The Hall–Kier alpha value is -3.47. The highest BCUT2D eigenvalue weighted by molar-refractivity contribution is 5.74. The van der Waals surface area contributed by atoms with Crippen LogP contribution in [0.5, 0.6) is 0 Å². The molecule has 5 rings (SSSR count). The Kier molecular flexibility index (Phi) is 6.43. The Labute approximate surface area is 197 Å². The number of anilines is 1. The van der Waals surface area contributed by atoms with E-state index in [-0.39, 0.29) is 5.69 Å². The number of hydrogen-bond acceptors (Lipinski definition) is 8. The zero-order valence-corrected chi connectivity index (χ0v) is 19.7. The molecule has 0 aliphatic carbocycles. The second-order valence-electron chi connectivity index (χ2n) is 8.79. The van der Waals surface area contributed by atoms with Gasteiger partial charge in [0.25, 0.3) is 0 Å². The highest BCUT2D eigenvalue weighted by Crippen LogP contribution is 2.23. The lowest BCUT2D eigenvalue weighted by molar-refractivity contribution is 0.265. The molecule has 1 aliphatic rings. The van der Waals surface area contributed by atoms with E-state index in [4.69, 9.17) is 9.40 Å². The fourth-order valence-electron chi connectivity index (χ4n) is 4.53. The number of tetrazole rings is 1. The number of imidazole rings is 1. The van der Waals surface area contributed by atoms with E-state index in [9.17, 15) is 4.79 Å². The minimum absolute atomic E-state index is 0.142. The average molecular weight is 466 g/mol. The summed E-state index contributed by atoms with van der Waals surface area (Å²) < 4.78 is 10.8. The van der Waals surface area contributed by atoms with Gasteiger partial charge in [0.2, 0.25) is 5.95 Å². The molecule has 0 saturated carbocycles.